The molecule has 1 rings (SSSR count). The van der Waals surface area contributed by atoms with Crippen LogP contribution in [0.25, 0.3) is 0 Å². The van der Waals surface area contributed by atoms with E-state index >= 15 is 0 Å². The summed E-state index contributed by atoms with van der Waals surface area (Å²) in [5.74, 6) is 0.224. The summed E-state index contributed by atoms with van der Waals surface area (Å²) in [4.78, 5) is 4.86. The molecular formula is C10H13F3N2O. The zero-order valence-corrected chi connectivity index (χ0v) is 8.99. The molecule has 0 saturated heterocycles. The van der Waals surface area contributed by atoms with Gasteiger partial charge in [0.2, 0.25) is 0 Å². The van der Waals surface area contributed by atoms with Crippen LogP contribution in [-0.2, 0) is 0 Å². The van der Waals surface area contributed by atoms with E-state index in [0.29, 0.717) is 5.56 Å². The zero-order valence-electron chi connectivity index (χ0n) is 8.99. The SMILES string of the molecule is C[C@H](O)c1ccc(N(C)CC(F)(F)F)nc1. The maximum atomic E-state index is 12.1. The van der Waals surface area contributed by atoms with Gasteiger partial charge in [-0.3, -0.25) is 0 Å². The van der Waals surface area contributed by atoms with Gasteiger partial charge in [-0.1, -0.05) is 6.07 Å². The number of aliphatic hydroxyl groups is 1. The van der Waals surface area contributed by atoms with Crippen molar-refractivity contribution < 1.29 is 18.3 Å². The number of hydrogen-bond acceptors (Lipinski definition) is 3. The Bertz CT molecular complexity index is 335. The standard InChI is InChI=1S/C10H13F3N2O/c1-7(16)8-3-4-9(14-5-8)15(2)6-10(11,12)13/h3-5,7,16H,6H2,1-2H3/t7-/m0/s1. The molecule has 0 aliphatic rings. The highest BCUT2D eigenvalue weighted by Crippen LogP contribution is 2.20. The molecular weight excluding hydrogens is 221 g/mol. The molecule has 0 amide bonds. The van der Waals surface area contributed by atoms with Crippen molar-refractivity contribution in [2.45, 2.75) is 19.2 Å². The predicted octanol–water partition coefficient (Wildman–Crippen LogP) is 2.13. The molecule has 0 radical (unpaired) electrons. The molecule has 3 nitrogen and oxygen atoms in total. The van der Waals surface area contributed by atoms with Gasteiger partial charge in [0.25, 0.3) is 0 Å². The molecule has 0 unspecified atom stereocenters. The fourth-order valence-corrected chi connectivity index (χ4v) is 1.22. The second kappa shape index (κ2) is 4.69. The van der Waals surface area contributed by atoms with Gasteiger partial charge in [0.1, 0.15) is 12.4 Å². The van der Waals surface area contributed by atoms with Crippen LogP contribution < -0.4 is 4.90 Å². The lowest BCUT2D eigenvalue weighted by Crippen LogP contribution is -2.31. The minimum absolute atomic E-state index is 0.224. The third kappa shape index (κ3) is 3.69. The molecule has 1 N–H and O–H groups in total. The van der Waals surface area contributed by atoms with Crippen molar-refractivity contribution in [3.05, 3.63) is 23.9 Å². The van der Waals surface area contributed by atoms with Crippen molar-refractivity contribution >= 4 is 5.82 Å². The number of halogens is 3. The molecule has 1 aromatic heterocycles. The monoisotopic (exact) mass is 234 g/mol. The molecule has 16 heavy (non-hydrogen) atoms. The molecule has 90 valence electrons. The lowest BCUT2D eigenvalue weighted by atomic mass is 10.2. The molecule has 0 saturated carbocycles. The summed E-state index contributed by atoms with van der Waals surface area (Å²) in [7, 11) is 1.32. The highest BCUT2D eigenvalue weighted by Gasteiger charge is 2.29. The molecule has 1 atom stereocenters. The molecule has 1 heterocycles. The van der Waals surface area contributed by atoms with E-state index in [4.69, 9.17) is 0 Å². The minimum Gasteiger partial charge on any atom is -0.389 e. The van der Waals surface area contributed by atoms with E-state index in [9.17, 15) is 18.3 Å². The van der Waals surface area contributed by atoms with Gasteiger partial charge in [-0.25, -0.2) is 4.98 Å². The largest absolute Gasteiger partial charge is 0.405 e. The Balaban J connectivity index is 2.74. The lowest BCUT2D eigenvalue weighted by molar-refractivity contribution is -0.119. The zero-order chi connectivity index (χ0) is 12.3. The predicted molar refractivity (Wildman–Crippen MR) is 54.2 cm³/mol. The minimum atomic E-state index is -4.25. The summed E-state index contributed by atoms with van der Waals surface area (Å²) in [5.41, 5.74) is 0.573. The average molecular weight is 234 g/mol. The Labute approximate surface area is 91.5 Å². The van der Waals surface area contributed by atoms with Gasteiger partial charge < -0.3 is 10.0 Å². The molecule has 0 aromatic carbocycles. The molecule has 0 aliphatic carbocycles. The number of hydrogen-bond donors (Lipinski definition) is 1. The number of pyridine rings is 1. The Morgan fingerprint density at radius 1 is 1.44 bits per heavy atom. The topological polar surface area (TPSA) is 36.4 Å². The molecule has 0 bridgehead atoms. The Hall–Kier alpha value is -1.30. The van der Waals surface area contributed by atoms with Crippen molar-refractivity contribution in [3.63, 3.8) is 0 Å². The lowest BCUT2D eigenvalue weighted by Gasteiger charge is -2.20. The van der Waals surface area contributed by atoms with Crippen LogP contribution in [0, 0.1) is 0 Å². The number of aromatic nitrogens is 1. The van der Waals surface area contributed by atoms with Gasteiger partial charge in [0, 0.05) is 13.2 Å². The first kappa shape index (κ1) is 12.8. The van der Waals surface area contributed by atoms with Crippen LogP contribution in [0.2, 0.25) is 0 Å². The first-order valence-electron chi connectivity index (χ1n) is 4.71. The summed E-state index contributed by atoms with van der Waals surface area (Å²) in [6.07, 6.45) is -3.55. The number of rotatable bonds is 3. The van der Waals surface area contributed by atoms with Crippen LogP contribution in [-0.4, -0.2) is 29.9 Å². The van der Waals surface area contributed by atoms with Gasteiger partial charge in [-0.2, -0.15) is 13.2 Å². The summed E-state index contributed by atoms with van der Waals surface area (Å²) >= 11 is 0. The van der Waals surface area contributed by atoms with E-state index in [1.807, 2.05) is 0 Å². The first-order valence-corrected chi connectivity index (χ1v) is 4.71. The fourth-order valence-electron chi connectivity index (χ4n) is 1.22. The average Bonchev–Trinajstić information content (AvgIpc) is 2.15. The van der Waals surface area contributed by atoms with E-state index in [2.05, 4.69) is 4.98 Å². The highest BCUT2D eigenvalue weighted by molar-refractivity contribution is 5.38. The van der Waals surface area contributed by atoms with Crippen molar-refractivity contribution in [2.24, 2.45) is 0 Å². The van der Waals surface area contributed by atoms with Crippen LogP contribution in [0.1, 0.15) is 18.6 Å². The van der Waals surface area contributed by atoms with Crippen LogP contribution in [0.3, 0.4) is 0 Å². The van der Waals surface area contributed by atoms with Crippen molar-refractivity contribution in [3.8, 4) is 0 Å². The molecule has 1 aromatic rings. The number of nitrogens with zero attached hydrogens (tertiary/aromatic N) is 2. The smallest absolute Gasteiger partial charge is 0.389 e. The second-order valence-corrected chi connectivity index (χ2v) is 3.60. The van der Waals surface area contributed by atoms with Crippen molar-refractivity contribution in [2.75, 3.05) is 18.5 Å². The van der Waals surface area contributed by atoms with E-state index in [1.54, 1.807) is 13.0 Å². The van der Waals surface area contributed by atoms with Gasteiger partial charge in [0.05, 0.1) is 6.10 Å². The molecule has 0 fully saturated rings. The van der Waals surface area contributed by atoms with E-state index < -0.39 is 18.8 Å². The Kier molecular flexibility index (Phi) is 3.74. The Morgan fingerprint density at radius 2 is 2.06 bits per heavy atom. The number of aliphatic hydroxyl groups excluding tert-OH is 1. The summed E-state index contributed by atoms with van der Waals surface area (Å²) < 4.78 is 36.3. The van der Waals surface area contributed by atoms with E-state index in [0.717, 1.165) is 4.90 Å². The maximum Gasteiger partial charge on any atom is 0.405 e. The van der Waals surface area contributed by atoms with Crippen LogP contribution in [0.15, 0.2) is 18.3 Å². The molecule has 0 spiro atoms. The quantitative estimate of drug-likeness (QED) is 0.870. The van der Waals surface area contributed by atoms with Gasteiger partial charge in [0.15, 0.2) is 0 Å². The third-order valence-electron chi connectivity index (χ3n) is 2.06. The number of alkyl halides is 3. The number of anilines is 1. The van der Waals surface area contributed by atoms with Crippen molar-refractivity contribution in [1.82, 2.24) is 4.98 Å². The first-order chi connectivity index (χ1) is 7.29. The normalized spacial score (nSPS) is 13.6. The van der Waals surface area contributed by atoms with Gasteiger partial charge >= 0.3 is 6.18 Å². The van der Waals surface area contributed by atoms with Crippen molar-refractivity contribution in [1.29, 1.82) is 0 Å². The third-order valence-corrected chi connectivity index (χ3v) is 2.06. The summed E-state index contributed by atoms with van der Waals surface area (Å²) in [5, 5.41) is 9.21. The van der Waals surface area contributed by atoms with E-state index in [1.165, 1.54) is 19.3 Å². The second-order valence-electron chi connectivity index (χ2n) is 3.60. The van der Waals surface area contributed by atoms with Gasteiger partial charge in [-0.15, -0.1) is 0 Å². The molecule has 6 heteroatoms. The van der Waals surface area contributed by atoms with Crippen LogP contribution in [0.4, 0.5) is 19.0 Å². The van der Waals surface area contributed by atoms with Crippen LogP contribution in [0.5, 0.6) is 0 Å². The molecule has 0 aliphatic heterocycles. The fraction of sp³-hybridized carbons (Fsp3) is 0.500. The van der Waals surface area contributed by atoms with Crippen LogP contribution >= 0.6 is 0 Å². The van der Waals surface area contributed by atoms with E-state index in [-0.39, 0.29) is 5.82 Å². The van der Waals surface area contributed by atoms with Gasteiger partial charge in [-0.05, 0) is 18.6 Å². The maximum absolute atomic E-state index is 12.1. The summed E-state index contributed by atoms with van der Waals surface area (Å²) in [6, 6.07) is 3.01. The highest BCUT2D eigenvalue weighted by atomic mass is 19.4. The Morgan fingerprint density at radius 3 is 2.44 bits per heavy atom. The summed E-state index contributed by atoms with van der Waals surface area (Å²) in [6.45, 7) is 0.518.